The van der Waals surface area contributed by atoms with Gasteiger partial charge in [0.1, 0.15) is 18.1 Å². The second kappa shape index (κ2) is 29.6. The Kier molecular flexibility index (Phi) is 29.3. The zero-order valence-electron chi connectivity index (χ0n) is 30.4. The highest BCUT2D eigenvalue weighted by Gasteiger charge is 2.30. The van der Waals surface area contributed by atoms with Crippen LogP contribution >= 0.6 is 12.4 Å². The Bertz CT molecular complexity index is 883. The number of hydrogen-bond donors (Lipinski definition) is 5. The molecule has 0 bridgehead atoms. The first-order chi connectivity index (χ1) is 21.9. The maximum atomic E-state index is 13.4. The van der Waals surface area contributed by atoms with Crippen molar-refractivity contribution in [3.63, 3.8) is 0 Å². The number of methoxy groups -OCH3 is 1. The van der Waals surface area contributed by atoms with Crippen LogP contribution in [0.4, 0.5) is 0 Å². The van der Waals surface area contributed by atoms with Crippen molar-refractivity contribution in [2.75, 3.05) is 13.7 Å². The molecule has 0 aromatic heterocycles. The normalized spacial score (nSPS) is 12.9. The molecule has 47 heavy (non-hydrogen) atoms. The van der Waals surface area contributed by atoms with Crippen molar-refractivity contribution in [2.24, 2.45) is 28.3 Å². The molecule has 0 heterocycles. The van der Waals surface area contributed by atoms with Gasteiger partial charge in [-0.3, -0.25) is 19.4 Å². The van der Waals surface area contributed by atoms with Gasteiger partial charge in [-0.1, -0.05) is 112 Å². The zero-order chi connectivity index (χ0) is 34.7. The number of aliphatic imine (C=N–C) groups is 1. The van der Waals surface area contributed by atoms with Gasteiger partial charge in [-0.15, -0.1) is 12.4 Å². The summed E-state index contributed by atoms with van der Waals surface area (Å²) >= 11 is 0. The third-order valence-corrected chi connectivity index (χ3v) is 7.95. The van der Waals surface area contributed by atoms with Crippen LogP contribution in [0.25, 0.3) is 0 Å². The molecule has 0 aliphatic carbocycles. The number of hydrogen-bond acceptors (Lipinski definition) is 6. The van der Waals surface area contributed by atoms with Crippen LogP contribution in [-0.2, 0) is 23.9 Å². The van der Waals surface area contributed by atoms with E-state index in [0.29, 0.717) is 32.2 Å². The van der Waals surface area contributed by atoms with Gasteiger partial charge < -0.3 is 32.2 Å². The van der Waals surface area contributed by atoms with Crippen molar-refractivity contribution >= 4 is 42.1 Å². The minimum atomic E-state index is -0.912. The van der Waals surface area contributed by atoms with Crippen LogP contribution in [0.5, 0.6) is 0 Å². The van der Waals surface area contributed by atoms with Gasteiger partial charge >= 0.3 is 5.97 Å². The van der Waals surface area contributed by atoms with E-state index in [0.717, 1.165) is 19.3 Å². The molecule has 0 aliphatic heterocycles. The number of rotatable bonds is 28. The molecule has 0 spiro atoms. The molecule has 7 N–H and O–H groups in total. The van der Waals surface area contributed by atoms with E-state index >= 15 is 0 Å². The zero-order valence-corrected chi connectivity index (χ0v) is 31.2. The molecule has 3 atom stereocenters. The number of nitrogens with zero attached hydrogens (tertiary/aromatic N) is 1. The highest BCUT2D eigenvalue weighted by Crippen LogP contribution is 2.14. The number of nitrogens with one attached hydrogen (secondary N) is 3. The molecule has 276 valence electrons. The fourth-order valence-electron chi connectivity index (χ4n) is 5.42. The van der Waals surface area contributed by atoms with Crippen molar-refractivity contribution < 1.29 is 23.9 Å². The van der Waals surface area contributed by atoms with E-state index in [1.165, 1.54) is 71.3 Å². The van der Waals surface area contributed by atoms with E-state index in [9.17, 15) is 19.2 Å². The second-order valence-corrected chi connectivity index (χ2v) is 13.5. The molecule has 0 radical (unpaired) electrons. The van der Waals surface area contributed by atoms with Gasteiger partial charge in [0.2, 0.25) is 17.7 Å². The summed E-state index contributed by atoms with van der Waals surface area (Å²) in [6, 6.07) is -2.55. The summed E-state index contributed by atoms with van der Waals surface area (Å²) in [5.74, 6) is -1.45. The first-order valence-corrected chi connectivity index (χ1v) is 17.9. The molecule has 3 amide bonds. The molecule has 0 saturated carbocycles. The van der Waals surface area contributed by atoms with Gasteiger partial charge in [-0.05, 0) is 43.9 Å². The summed E-state index contributed by atoms with van der Waals surface area (Å²) in [4.78, 5) is 55.8. The van der Waals surface area contributed by atoms with Crippen molar-refractivity contribution in [2.45, 2.75) is 168 Å². The van der Waals surface area contributed by atoms with Crippen molar-refractivity contribution in [3.8, 4) is 0 Å². The minimum absolute atomic E-state index is 0. The smallest absolute Gasteiger partial charge is 0.328 e. The third-order valence-electron chi connectivity index (χ3n) is 7.95. The van der Waals surface area contributed by atoms with Gasteiger partial charge in [0.05, 0.1) is 7.11 Å². The Morgan fingerprint density at radius 1 is 0.638 bits per heavy atom. The lowest BCUT2D eigenvalue weighted by molar-refractivity contribution is -0.145. The molecule has 0 aliphatic rings. The van der Waals surface area contributed by atoms with Crippen LogP contribution < -0.4 is 27.4 Å². The number of carbonyl (C=O) groups excluding carboxylic acids is 4. The van der Waals surface area contributed by atoms with Crippen LogP contribution in [0.2, 0.25) is 0 Å². The van der Waals surface area contributed by atoms with Crippen molar-refractivity contribution in [3.05, 3.63) is 0 Å². The lowest BCUT2D eigenvalue weighted by Crippen LogP contribution is -2.56. The maximum Gasteiger partial charge on any atom is 0.328 e. The minimum Gasteiger partial charge on any atom is -0.467 e. The standard InChI is InChI=1S/C35H68N6O5.ClH/c1-7-8-9-10-11-12-13-14-15-16-17-18-19-22-31(42)39-29(24-26(2)3)32(43)41-30(25-27(4)5)33(44)40-28(34(45)46-6)21-20-23-38-35(36)37;/h26-30H,7-25H2,1-6H3,(H,39,42)(H,40,44)(H,41,43)(H4,36,37,38);1H/t28-,29-,30-;/m0./s1. The van der Waals surface area contributed by atoms with Gasteiger partial charge in [0.25, 0.3) is 0 Å². The molecule has 0 rings (SSSR count). The van der Waals surface area contributed by atoms with E-state index < -0.39 is 35.9 Å². The van der Waals surface area contributed by atoms with Crippen LogP contribution in [0.1, 0.15) is 150 Å². The van der Waals surface area contributed by atoms with Crippen LogP contribution in [0, 0.1) is 11.8 Å². The fraction of sp³-hybridized carbons (Fsp3) is 0.857. The third kappa shape index (κ3) is 26.1. The predicted molar refractivity (Wildman–Crippen MR) is 194 cm³/mol. The maximum absolute atomic E-state index is 13.4. The van der Waals surface area contributed by atoms with E-state index in [-0.39, 0.29) is 42.5 Å². The summed E-state index contributed by atoms with van der Waals surface area (Å²) < 4.78 is 4.87. The average Bonchev–Trinajstić information content (AvgIpc) is 2.99. The summed E-state index contributed by atoms with van der Waals surface area (Å²) in [5.41, 5.74) is 10.7. The van der Waals surface area contributed by atoms with Crippen molar-refractivity contribution in [1.29, 1.82) is 0 Å². The topological polar surface area (TPSA) is 178 Å². The Hall–Kier alpha value is -2.56. The monoisotopic (exact) mass is 689 g/mol. The lowest BCUT2D eigenvalue weighted by Gasteiger charge is -2.26. The molecule has 12 heteroatoms. The Labute approximate surface area is 291 Å². The van der Waals surface area contributed by atoms with Crippen molar-refractivity contribution in [1.82, 2.24) is 16.0 Å². The fourth-order valence-corrected chi connectivity index (χ4v) is 5.42. The number of guanidine groups is 1. The number of nitrogens with two attached hydrogens (primary N) is 2. The Morgan fingerprint density at radius 2 is 1.06 bits per heavy atom. The van der Waals surface area contributed by atoms with Gasteiger partial charge in [0, 0.05) is 13.0 Å². The summed E-state index contributed by atoms with van der Waals surface area (Å²) in [6.45, 7) is 10.4. The molecular weight excluding hydrogens is 620 g/mol. The van der Waals surface area contributed by atoms with E-state index in [4.69, 9.17) is 16.2 Å². The highest BCUT2D eigenvalue weighted by molar-refractivity contribution is 5.93. The Balaban J connectivity index is 0. The van der Waals surface area contributed by atoms with E-state index in [1.807, 2.05) is 27.7 Å². The van der Waals surface area contributed by atoms with Gasteiger partial charge in [-0.2, -0.15) is 0 Å². The quantitative estimate of drug-likeness (QED) is 0.0304. The number of esters is 1. The lowest BCUT2D eigenvalue weighted by atomic mass is 9.99. The second-order valence-electron chi connectivity index (χ2n) is 13.5. The molecule has 0 saturated heterocycles. The first-order valence-electron chi connectivity index (χ1n) is 17.9. The SMILES string of the molecule is CCCCCCCCCCCCCCCC(=O)N[C@@H](CC(C)C)C(=O)N[C@@H](CC(C)C)C(=O)N[C@@H](CCCN=C(N)N)C(=O)OC.Cl. The largest absolute Gasteiger partial charge is 0.467 e. The Morgan fingerprint density at radius 3 is 1.49 bits per heavy atom. The number of amides is 3. The van der Waals surface area contributed by atoms with Crippen LogP contribution in [0.3, 0.4) is 0 Å². The number of halogens is 1. The molecule has 11 nitrogen and oxygen atoms in total. The first kappa shape index (κ1) is 46.6. The predicted octanol–water partition coefficient (Wildman–Crippen LogP) is 5.66. The van der Waals surface area contributed by atoms with Crippen LogP contribution in [-0.4, -0.2) is 61.4 Å². The summed E-state index contributed by atoms with van der Waals surface area (Å²) in [7, 11) is 1.25. The average molecular weight is 689 g/mol. The molecule has 0 unspecified atom stereocenters. The van der Waals surface area contributed by atoms with E-state index in [1.54, 1.807) is 0 Å². The van der Waals surface area contributed by atoms with Crippen LogP contribution in [0.15, 0.2) is 4.99 Å². The molecule has 0 aromatic rings. The highest BCUT2D eigenvalue weighted by atomic mass is 35.5. The molecular formula is C35H69ClN6O5. The summed E-state index contributed by atoms with van der Waals surface area (Å²) in [6.07, 6.45) is 17.9. The van der Waals surface area contributed by atoms with Gasteiger partial charge in [-0.25, -0.2) is 4.79 Å². The van der Waals surface area contributed by atoms with E-state index in [2.05, 4.69) is 27.9 Å². The molecule has 0 fully saturated rings. The number of ether oxygens (including phenoxy) is 1. The number of unbranched alkanes of at least 4 members (excludes halogenated alkanes) is 12. The van der Waals surface area contributed by atoms with Gasteiger partial charge in [0.15, 0.2) is 5.96 Å². The number of carbonyl (C=O) groups is 4. The molecule has 0 aromatic carbocycles. The summed E-state index contributed by atoms with van der Waals surface area (Å²) in [5, 5.41) is 8.49.